The van der Waals surface area contributed by atoms with Crippen molar-refractivity contribution >= 4 is 28.5 Å². The monoisotopic (exact) mass is 508 g/mol. The van der Waals surface area contributed by atoms with Gasteiger partial charge in [-0.25, -0.2) is 9.37 Å². The maximum absolute atomic E-state index is 14.6. The lowest BCUT2D eigenvalue weighted by Gasteiger charge is -2.27. The van der Waals surface area contributed by atoms with Crippen molar-refractivity contribution in [2.24, 2.45) is 0 Å². The van der Waals surface area contributed by atoms with Crippen molar-refractivity contribution in [1.29, 1.82) is 0 Å². The second-order valence-electron chi connectivity index (χ2n) is 9.28. The third kappa shape index (κ3) is 5.60. The molecule has 0 atom stereocenters. The minimum Gasteiger partial charge on any atom is -0.496 e. The molecule has 1 aliphatic heterocycles. The summed E-state index contributed by atoms with van der Waals surface area (Å²) in [5.74, 6) is 1.08. The third-order valence-corrected chi connectivity index (χ3v) is 6.61. The van der Waals surface area contributed by atoms with Gasteiger partial charge in [0, 0.05) is 57.6 Å². The smallest absolute Gasteiger partial charge is 0.257 e. The summed E-state index contributed by atoms with van der Waals surface area (Å²) in [6.45, 7) is 1.86. The van der Waals surface area contributed by atoms with E-state index in [1.807, 2.05) is 36.0 Å². The molecule has 1 saturated heterocycles. The maximum atomic E-state index is 14.6. The molecule has 0 N–H and O–H groups in total. The molecular formula is C28H33FN4O4. The lowest BCUT2D eigenvalue weighted by molar-refractivity contribution is -0.127. The van der Waals surface area contributed by atoms with Crippen molar-refractivity contribution in [2.75, 3.05) is 52.8 Å². The Morgan fingerprint density at radius 1 is 1.11 bits per heavy atom. The molecule has 0 spiro atoms. The molecular weight excluding hydrogens is 475 g/mol. The molecule has 8 nitrogen and oxygen atoms in total. The summed E-state index contributed by atoms with van der Waals surface area (Å²) in [4.78, 5) is 35.8. The van der Waals surface area contributed by atoms with Crippen LogP contribution in [-0.4, -0.2) is 74.5 Å². The predicted octanol–water partition coefficient (Wildman–Crippen LogP) is 4.11. The van der Waals surface area contributed by atoms with Gasteiger partial charge in [-0.15, -0.1) is 0 Å². The van der Waals surface area contributed by atoms with Gasteiger partial charge in [0.15, 0.2) is 0 Å². The molecule has 2 heterocycles. The lowest BCUT2D eigenvalue weighted by Crippen LogP contribution is -2.35. The number of nitrogens with zero attached hydrogens (tertiary/aromatic N) is 4. The van der Waals surface area contributed by atoms with Crippen LogP contribution in [0.3, 0.4) is 0 Å². The quantitative estimate of drug-likeness (QED) is 0.410. The number of likely N-dealkylation sites (tertiary alicyclic amines) is 1. The Morgan fingerprint density at radius 2 is 1.84 bits per heavy atom. The Kier molecular flexibility index (Phi) is 8.11. The molecule has 0 radical (unpaired) electrons. The van der Waals surface area contributed by atoms with Crippen molar-refractivity contribution in [2.45, 2.75) is 25.8 Å². The molecule has 0 saturated carbocycles. The van der Waals surface area contributed by atoms with Gasteiger partial charge in [-0.2, -0.15) is 0 Å². The number of benzene rings is 2. The van der Waals surface area contributed by atoms with E-state index in [9.17, 15) is 14.0 Å². The normalized spacial score (nSPS) is 13.2. The van der Waals surface area contributed by atoms with Crippen molar-refractivity contribution < 1.29 is 23.5 Å². The van der Waals surface area contributed by atoms with E-state index in [0.29, 0.717) is 48.8 Å². The first-order valence-corrected chi connectivity index (χ1v) is 12.4. The van der Waals surface area contributed by atoms with E-state index in [0.717, 1.165) is 23.9 Å². The fourth-order valence-electron chi connectivity index (χ4n) is 4.74. The zero-order valence-electron chi connectivity index (χ0n) is 21.8. The number of pyridine rings is 1. The average molecular weight is 509 g/mol. The summed E-state index contributed by atoms with van der Waals surface area (Å²) >= 11 is 0. The molecule has 2 amide bonds. The van der Waals surface area contributed by atoms with E-state index < -0.39 is 11.7 Å². The lowest BCUT2D eigenvalue weighted by atomic mass is 10.1. The highest BCUT2D eigenvalue weighted by Crippen LogP contribution is 2.35. The highest BCUT2D eigenvalue weighted by atomic mass is 19.1. The fourth-order valence-corrected chi connectivity index (χ4v) is 4.74. The summed E-state index contributed by atoms with van der Waals surface area (Å²) in [7, 11) is 6.94. The van der Waals surface area contributed by atoms with Crippen LogP contribution in [0.15, 0.2) is 42.5 Å². The van der Waals surface area contributed by atoms with Gasteiger partial charge in [0.25, 0.3) is 5.91 Å². The van der Waals surface area contributed by atoms with Gasteiger partial charge in [-0.1, -0.05) is 12.1 Å². The number of carbonyl (C=O) groups is 2. The molecule has 1 aromatic heterocycles. The first kappa shape index (κ1) is 26.2. The fraction of sp³-hybridized carbons (Fsp3) is 0.393. The number of anilines is 1. The van der Waals surface area contributed by atoms with Crippen LogP contribution in [0.1, 0.15) is 35.2 Å². The Morgan fingerprint density at radius 3 is 2.49 bits per heavy atom. The molecule has 9 heteroatoms. The average Bonchev–Trinajstić information content (AvgIpc) is 3.31. The van der Waals surface area contributed by atoms with Crippen LogP contribution in [0, 0.1) is 5.82 Å². The molecule has 0 bridgehead atoms. The van der Waals surface area contributed by atoms with E-state index in [1.54, 1.807) is 37.3 Å². The van der Waals surface area contributed by atoms with Gasteiger partial charge >= 0.3 is 0 Å². The van der Waals surface area contributed by atoms with Crippen LogP contribution >= 0.6 is 0 Å². The van der Waals surface area contributed by atoms with Gasteiger partial charge < -0.3 is 24.2 Å². The minimum atomic E-state index is -0.567. The SMILES string of the molecule is COc1ccc(OC)c2nc(N(C)C)c(CN(CCCN3CCCC3=O)C(=O)c3ccccc3F)cc12. The zero-order valence-corrected chi connectivity index (χ0v) is 21.8. The van der Waals surface area contributed by atoms with Crippen LogP contribution in [0.2, 0.25) is 0 Å². The highest BCUT2D eigenvalue weighted by molar-refractivity contribution is 5.95. The standard InChI is InChI=1S/C28H33FN4O4/c1-31(2)27-19(17-21-23(36-3)12-13-24(37-4)26(21)30-27)18-33(16-8-15-32-14-7-11-25(32)34)28(35)20-9-5-6-10-22(20)29/h5-6,9-10,12-13,17H,7-8,11,14-16,18H2,1-4H3. The Labute approximate surface area is 216 Å². The van der Waals surface area contributed by atoms with Crippen LogP contribution in [0.25, 0.3) is 10.9 Å². The first-order chi connectivity index (χ1) is 17.8. The summed E-state index contributed by atoms with van der Waals surface area (Å²) in [6, 6.07) is 11.6. The van der Waals surface area contributed by atoms with Crippen LogP contribution in [0.4, 0.5) is 10.2 Å². The van der Waals surface area contributed by atoms with E-state index >= 15 is 0 Å². The van der Waals surface area contributed by atoms with E-state index in [-0.39, 0.29) is 18.0 Å². The van der Waals surface area contributed by atoms with Crippen LogP contribution < -0.4 is 14.4 Å². The Bertz CT molecular complexity index is 1300. The number of aromatic nitrogens is 1. The third-order valence-electron chi connectivity index (χ3n) is 6.61. The second-order valence-corrected chi connectivity index (χ2v) is 9.28. The Balaban J connectivity index is 1.71. The number of rotatable bonds is 10. The molecule has 37 heavy (non-hydrogen) atoms. The van der Waals surface area contributed by atoms with E-state index in [1.165, 1.54) is 12.1 Å². The van der Waals surface area contributed by atoms with Crippen LogP contribution in [0.5, 0.6) is 11.5 Å². The van der Waals surface area contributed by atoms with E-state index in [2.05, 4.69) is 0 Å². The number of amides is 2. The molecule has 1 aliphatic rings. The number of ether oxygens (including phenoxy) is 2. The van der Waals surface area contributed by atoms with Crippen molar-refractivity contribution in [3.05, 3.63) is 59.4 Å². The summed E-state index contributed by atoms with van der Waals surface area (Å²) < 4.78 is 25.7. The van der Waals surface area contributed by atoms with E-state index in [4.69, 9.17) is 14.5 Å². The number of methoxy groups -OCH3 is 2. The summed E-state index contributed by atoms with van der Waals surface area (Å²) in [5.41, 5.74) is 1.44. The number of halogens is 1. The van der Waals surface area contributed by atoms with Gasteiger partial charge in [0.05, 0.1) is 19.8 Å². The minimum absolute atomic E-state index is 0.0131. The van der Waals surface area contributed by atoms with Crippen molar-refractivity contribution in [1.82, 2.24) is 14.8 Å². The Hall–Kier alpha value is -3.88. The largest absolute Gasteiger partial charge is 0.496 e. The molecule has 0 aliphatic carbocycles. The van der Waals surface area contributed by atoms with Crippen LogP contribution in [-0.2, 0) is 11.3 Å². The summed E-state index contributed by atoms with van der Waals surface area (Å²) in [5, 5.41) is 0.753. The predicted molar refractivity (Wildman–Crippen MR) is 141 cm³/mol. The van der Waals surface area contributed by atoms with Gasteiger partial charge in [-0.05, 0) is 43.2 Å². The molecule has 0 unspecified atom stereocenters. The molecule has 3 aromatic rings. The zero-order chi connectivity index (χ0) is 26.5. The number of fused-ring (bicyclic) bond motifs is 1. The van der Waals surface area contributed by atoms with Gasteiger partial charge in [-0.3, -0.25) is 9.59 Å². The molecule has 4 rings (SSSR count). The molecule has 1 fully saturated rings. The second kappa shape index (κ2) is 11.5. The van der Waals surface area contributed by atoms with Crippen molar-refractivity contribution in [3.8, 4) is 11.5 Å². The summed E-state index contributed by atoms with van der Waals surface area (Å²) in [6.07, 6.45) is 2.01. The van der Waals surface area contributed by atoms with Crippen molar-refractivity contribution in [3.63, 3.8) is 0 Å². The maximum Gasteiger partial charge on any atom is 0.257 e. The molecule has 196 valence electrons. The number of carbonyl (C=O) groups excluding carboxylic acids is 2. The molecule has 2 aromatic carbocycles. The topological polar surface area (TPSA) is 75.2 Å². The van der Waals surface area contributed by atoms with Gasteiger partial charge in [0.2, 0.25) is 5.91 Å². The number of hydrogen-bond acceptors (Lipinski definition) is 6. The van der Waals surface area contributed by atoms with Gasteiger partial charge in [0.1, 0.15) is 28.7 Å². The first-order valence-electron chi connectivity index (χ1n) is 12.4. The number of hydrogen-bond donors (Lipinski definition) is 0. The highest BCUT2D eigenvalue weighted by Gasteiger charge is 2.24.